The minimum atomic E-state index is -3.05. The maximum atomic E-state index is 12.4. The summed E-state index contributed by atoms with van der Waals surface area (Å²) in [6, 6.07) is 10.9. The molecule has 0 aliphatic carbocycles. The molecule has 0 atom stereocenters. The molecular formula is C18H15F2N3O3S. The van der Waals surface area contributed by atoms with Gasteiger partial charge in [-0.2, -0.15) is 8.78 Å². The van der Waals surface area contributed by atoms with Crippen molar-refractivity contribution in [1.29, 1.82) is 0 Å². The van der Waals surface area contributed by atoms with Crippen LogP contribution in [0, 0.1) is 6.92 Å². The van der Waals surface area contributed by atoms with Gasteiger partial charge in [0.05, 0.1) is 27.3 Å². The molecule has 0 radical (unpaired) electrons. The molecule has 9 heteroatoms. The fraction of sp³-hybridized carbons (Fsp3) is 0.167. The molecule has 0 saturated carbocycles. The Labute approximate surface area is 157 Å². The standard InChI is InChI=1S/C18H15F2N3O3S/c1-10-22-13-7-6-11(8-15(13)27-10)23-16(24)9-21-17(25)12-4-2-3-5-14(12)26-18(19)20/h2-8,18H,9H2,1H3,(H,21,25)(H,23,24). The van der Waals surface area contributed by atoms with Crippen LogP contribution in [-0.2, 0) is 4.79 Å². The van der Waals surface area contributed by atoms with Crippen LogP contribution in [0.25, 0.3) is 10.2 Å². The SMILES string of the molecule is Cc1nc2ccc(NC(=O)CNC(=O)c3ccccc3OC(F)F)cc2s1. The predicted molar refractivity (Wildman–Crippen MR) is 98.4 cm³/mol. The first-order chi connectivity index (χ1) is 12.9. The monoisotopic (exact) mass is 391 g/mol. The number of ether oxygens (including phenoxy) is 1. The van der Waals surface area contributed by atoms with E-state index in [4.69, 9.17) is 0 Å². The molecule has 0 fully saturated rings. The van der Waals surface area contributed by atoms with Crippen LogP contribution < -0.4 is 15.4 Å². The fourth-order valence-corrected chi connectivity index (χ4v) is 3.30. The molecule has 2 amide bonds. The number of carbonyl (C=O) groups excluding carboxylic acids is 2. The zero-order valence-electron chi connectivity index (χ0n) is 14.2. The van der Waals surface area contributed by atoms with Crippen LogP contribution in [0.4, 0.5) is 14.5 Å². The minimum Gasteiger partial charge on any atom is -0.434 e. The summed E-state index contributed by atoms with van der Waals surface area (Å²) in [5.41, 5.74) is 1.35. The molecule has 2 N–H and O–H groups in total. The van der Waals surface area contributed by atoms with Gasteiger partial charge < -0.3 is 15.4 Å². The molecule has 2 aromatic carbocycles. The highest BCUT2D eigenvalue weighted by Crippen LogP contribution is 2.24. The maximum Gasteiger partial charge on any atom is 0.387 e. The van der Waals surface area contributed by atoms with Crippen LogP contribution >= 0.6 is 11.3 Å². The first kappa shape index (κ1) is 18.7. The van der Waals surface area contributed by atoms with Crippen molar-refractivity contribution in [3.63, 3.8) is 0 Å². The van der Waals surface area contributed by atoms with Crippen molar-refractivity contribution in [3.05, 3.63) is 53.0 Å². The zero-order chi connectivity index (χ0) is 19.4. The number of nitrogens with one attached hydrogen (secondary N) is 2. The second kappa shape index (κ2) is 8.09. The summed E-state index contributed by atoms with van der Waals surface area (Å²) < 4.78 is 30.1. The van der Waals surface area contributed by atoms with Crippen LogP contribution in [0.1, 0.15) is 15.4 Å². The summed E-state index contributed by atoms with van der Waals surface area (Å²) in [4.78, 5) is 28.6. The summed E-state index contributed by atoms with van der Waals surface area (Å²) in [6.07, 6.45) is 0. The van der Waals surface area contributed by atoms with Gasteiger partial charge in [0, 0.05) is 5.69 Å². The summed E-state index contributed by atoms with van der Waals surface area (Å²) in [6.45, 7) is -1.47. The lowest BCUT2D eigenvalue weighted by molar-refractivity contribution is -0.115. The third kappa shape index (κ3) is 4.76. The Morgan fingerprint density at radius 3 is 2.78 bits per heavy atom. The number of benzene rings is 2. The zero-order valence-corrected chi connectivity index (χ0v) is 15.0. The average molecular weight is 391 g/mol. The number of thiazole rings is 1. The number of rotatable bonds is 6. The molecule has 3 aromatic rings. The van der Waals surface area contributed by atoms with Crippen molar-refractivity contribution in [2.45, 2.75) is 13.5 Å². The molecule has 1 aromatic heterocycles. The number of aryl methyl sites for hydroxylation is 1. The van der Waals surface area contributed by atoms with E-state index in [0.717, 1.165) is 15.2 Å². The lowest BCUT2D eigenvalue weighted by Gasteiger charge is -2.11. The molecule has 140 valence electrons. The molecular weight excluding hydrogens is 376 g/mol. The van der Waals surface area contributed by atoms with Gasteiger partial charge in [-0.15, -0.1) is 11.3 Å². The second-order valence-corrected chi connectivity index (χ2v) is 6.76. The minimum absolute atomic E-state index is 0.0767. The molecule has 6 nitrogen and oxygen atoms in total. The Kier molecular flexibility index (Phi) is 5.60. The smallest absolute Gasteiger partial charge is 0.387 e. The highest BCUT2D eigenvalue weighted by molar-refractivity contribution is 7.18. The number of amides is 2. The van der Waals surface area contributed by atoms with E-state index >= 15 is 0 Å². The van der Waals surface area contributed by atoms with Crippen LogP contribution in [0.15, 0.2) is 42.5 Å². The van der Waals surface area contributed by atoms with Crippen molar-refractivity contribution < 1.29 is 23.1 Å². The van der Waals surface area contributed by atoms with E-state index in [-0.39, 0.29) is 17.9 Å². The third-order valence-electron chi connectivity index (χ3n) is 3.54. The van der Waals surface area contributed by atoms with Gasteiger partial charge in [-0.1, -0.05) is 12.1 Å². The Morgan fingerprint density at radius 1 is 1.22 bits per heavy atom. The summed E-state index contributed by atoms with van der Waals surface area (Å²) >= 11 is 1.51. The van der Waals surface area contributed by atoms with Gasteiger partial charge in [0.1, 0.15) is 5.75 Å². The lowest BCUT2D eigenvalue weighted by atomic mass is 10.2. The predicted octanol–water partition coefficient (Wildman–Crippen LogP) is 3.57. The number of fused-ring (bicyclic) bond motifs is 1. The van der Waals surface area contributed by atoms with Gasteiger partial charge >= 0.3 is 6.61 Å². The molecule has 0 unspecified atom stereocenters. The number of hydrogen-bond acceptors (Lipinski definition) is 5. The van der Waals surface area contributed by atoms with E-state index in [0.29, 0.717) is 5.69 Å². The number of anilines is 1. The number of hydrogen-bond donors (Lipinski definition) is 2. The van der Waals surface area contributed by atoms with Crippen LogP contribution in [0.3, 0.4) is 0 Å². The number of para-hydroxylation sites is 1. The number of carbonyl (C=O) groups is 2. The molecule has 1 heterocycles. The number of aromatic nitrogens is 1. The van der Waals surface area contributed by atoms with E-state index < -0.39 is 18.4 Å². The molecule has 0 bridgehead atoms. The third-order valence-corrected chi connectivity index (χ3v) is 4.47. The van der Waals surface area contributed by atoms with E-state index in [1.165, 1.54) is 35.6 Å². The van der Waals surface area contributed by atoms with E-state index in [1.807, 2.05) is 6.92 Å². The Morgan fingerprint density at radius 2 is 2.00 bits per heavy atom. The van der Waals surface area contributed by atoms with Crippen molar-refractivity contribution in [3.8, 4) is 5.75 Å². The van der Waals surface area contributed by atoms with Crippen LogP contribution in [0.5, 0.6) is 5.75 Å². The molecule has 0 spiro atoms. The molecule has 0 aliphatic heterocycles. The normalized spacial score (nSPS) is 10.8. The van der Waals surface area contributed by atoms with Crippen molar-refractivity contribution in [2.24, 2.45) is 0 Å². The fourth-order valence-electron chi connectivity index (χ4n) is 2.43. The van der Waals surface area contributed by atoms with Crippen molar-refractivity contribution >= 4 is 39.1 Å². The second-order valence-electron chi connectivity index (χ2n) is 5.52. The number of halogens is 2. The van der Waals surface area contributed by atoms with E-state index in [1.54, 1.807) is 18.2 Å². The maximum absolute atomic E-state index is 12.4. The number of nitrogens with zero attached hydrogens (tertiary/aromatic N) is 1. The first-order valence-corrected chi connectivity index (χ1v) is 8.73. The molecule has 0 aliphatic rings. The molecule has 3 rings (SSSR count). The van der Waals surface area contributed by atoms with Gasteiger partial charge in [-0.25, -0.2) is 4.98 Å². The van der Waals surface area contributed by atoms with Crippen LogP contribution in [0.2, 0.25) is 0 Å². The van der Waals surface area contributed by atoms with E-state index in [9.17, 15) is 18.4 Å². The molecule has 0 saturated heterocycles. The lowest BCUT2D eigenvalue weighted by Crippen LogP contribution is -2.33. The van der Waals surface area contributed by atoms with Gasteiger partial charge in [0.2, 0.25) is 5.91 Å². The highest BCUT2D eigenvalue weighted by Gasteiger charge is 2.16. The topological polar surface area (TPSA) is 80.3 Å². The highest BCUT2D eigenvalue weighted by atomic mass is 32.1. The Balaban J connectivity index is 1.60. The van der Waals surface area contributed by atoms with Gasteiger partial charge in [0.25, 0.3) is 5.91 Å². The van der Waals surface area contributed by atoms with Crippen molar-refractivity contribution in [1.82, 2.24) is 10.3 Å². The number of alkyl halides is 2. The van der Waals surface area contributed by atoms with Crippen molar-refractivity contribution in [2.75, 3.05) is 11.9 Å². The Hall–Kier alpha value is -3.07. The Bertz CT molecular complexity index is 991. The van der Waals surface area contributed by atoms with Crippen LogP contribution in [-0.4, -0.2) is 30.0 Å². The summed E-state index contributed by atoms with van der Waals surface area (Å²) in [5.74, 6) is -1.39. The van der Waals surface area contributed by atoms with Gasteiger partial charge in [-0.3, -0.25) is 9.59 Å². The summed E-state index contributed by atoms with van der Waals surface area (Å²) in [5, 5.41) is 5.98. The first-order valence-electron chi connectivity index (χ1n) is 7.91. The summed E-state index contributed by atoms with van der Waals surface area (Å²) in [7, 11) is 0. The van der Waals surface area contributed by atoms with Gasteiger partial charge in [-0.05, 0) is 37.3 Å². The molecule has 27 heavy (non-hydrogen) atoms. The average Bonchev–Trinajstić information content (AvgIpc) is 2.99. The largest absolute Gasteiger partial charge is 0.434 e. The quantitative estimate of drug-likeness (QED) is 0.673. The van der Waals surface area contributed by atoms with E-state index in [2.05, 4.69) is 20.4 Å². The van der Waals surface area contributed by atoms with Gasteiger partial charge in [0.15, 0.2) is 0 Å².